The highest BCUT2D eigenvalue weighted by molar-refractivity contribution is 9.10. The van der Waals surface area contributed by atoms with Crippen LogP contribution in [0.4, 0.5) is 5.82 Å². The Balaban J connectivity index is 1.99. The average Bonchev–Trinajstić information content (AvgIpc) is 2.87. The van der Waals surface area contributed by atoms with Gasteiger partial charge in [0.25, 0.3) is 0 Å². The molecule has 0 unspecified atom stereocenters. The fourth-order valence-electron chi connectivity index (χ4n) is 2.38. The van der Waals surface area contributed by atoms with E-state index in [4.69, 9.17) is 5.73 Å². The van der Waals surface area contributed by atoms with E-state index >= 15 is 0 Å². The monoisotopic (exact) mass is 378 g/mol. The van der Waals surface area contributed by atoms with Gasteiger partial charge >= 0.3 is 0 Å². The molecule has 0 saturated heterocycles. The molecule has 1 aromatic heterocycles. The van der Waals surface area contributed by atoms with Gasteiger partial charge in [0, 0.05) is 17.0 Å². The van der Waals surface area contributed by atoms with Gasteiger partial charge in [-0.25, -0.2) is 4.68 Å². The lowest BCUT2D eigenvalue weighted by Crippen LogP contribution is -2.14. The molecule has 2 rings (SSSR count). The number of rotatable bonds is 8. The maximum absolute atomic E-state index is 12.1. The highest BCUT2D eigenvalue weighted by atomic mass is 79.9. The van der Waals surface area contributed by atoms with Crippen molar-refractivity contribution in [1.29, 1.82) is 0 Å². The number of carbonyl (C=O) groups excluding carboxylic acids is 1. The zero-order valence-corrected chi connectivity index (χ0v) is 15.0. The van der Waals surface area contributed by atoms with Crippen molar-refractivity contribution < 1.29 is 4.79 Å². The van der Waals surface area contributed by atoms with Crippen LogP contribution in [0.5, 0.6) is 0 Å². The van der Waals surface area contributed by atoms with Crippen molar-refractivity contribution in [3.63, 3.8) is 0 Å². The number of nitrogens with zero attached hydrogens (tertiary/aromatic N) is 2. The normalized spacial score (nSPS) is 10.7. The molecule has 0 aliphatic carbocycles. The van der Waals surface area contributed by atoms with E-state index in [-0.39, 0.29) is 5.91 Å². The summed E-state index contributed by atoms with van der Waals surface area (Å²) in [5.41, 5.74) is 7.24. The third kappa shape index (κ3) is 5.48. The second-order valence-corrected chi connectivity index (χ2v) is 6.48. The maximum atomic E-state index is 12.1. The molecule has 1 aromatic carbocycles. The number of benzene rings is 1. The van der Waals surface area contributed by atoms with E-state index in [1.807, 2.05) is 37.3 Å². The molecule has 6 heteroatoms. The SMILES string of the molecule is Cc1cc(NC(=O)CCCCCCN)n(-c2cccc(Br)c2)n1. The number of hydrogen-bond acceptors (Lipinski definition) is 3. The Morgan fingerprint density at radius 2 is 2.04 bits per heavy atom. The number of amides is 1. The van der Waals surface area contributed by atoms with E-state index in [2.05, 4.69) is 26.3 Å². The van der Waals surface area contributed by atoms with Crippen LogP contribution in [0.3, 0.4) is 0 Å². The first-order chi connectivity index (χ1) is 11.1. The fourth-order valence-corrected chi connectivity index (χ4v) is 2.77. The van der Waals surface area contributed by atoms with E-state index in [0.29, 0.717) is 12.2 Å². The van der Waals surface area contributed by atoms with E-state index in [9.17, 15) is 4.79 Å². The Morgan fingerprint density at radius 3 is 2.78 bits per heavy atom. The molecule has 124 valence electrons. The van der Waals surface area contributed by atoms with Crippen LogP contribution in [0.15, 0.2) is 34.8 Å². The predicted octanol–water partition coefficient (Wildman–Crippen LogP) is 3.79. The first kappa shape index (κ1) is 17.7. The highest BCUT2D eigenvalue weighted by Crippen LogP contribution is 2.20. The number of halogens is 1. The Morgan fingerprint density at radius 1 is 1.26 bits per heavy atom. The number of hydrogen-bond donors (Lipinski definition) is 2. The molecule has 0 radical (unpaired) electrons. The molecular weight excluding hydrogens is 356 g/mol. The Kier molecular flexibility index (Phi) is 6.80. The number of aryl methyl sites for hydroxylation is 1. The van der Waals surface area contributed by atoms with Crippen molar-refractivity contribution in [2.24, 2.45) is 5.73 Å². The molecular formula is C17H23BrN4O. The van der Waals surface area contributed by atoms with Crippen LogP contribution in [0.25, 0.3) is 5.69 Å². The molecule has 23 heavy (non-hydrogen) atoms. The maximum Gasteiger partial charge on any atom is 0.225 e. The summed E-state index contributed by atoms with van der Waals surface area (Å²) < 4.78 is 2.73. The summed E-state index contributed by atoms with van der Waals surface area (Å²) in [7, 11) is 0. The van der Waals surface area contributed by atoms with Crippen molar-refractivity contribution in [1.82, 2.24) is 9.78 Å². The molecule has 1 heterocycles. The smallest absolute Gasteiger partial charge is 0.225 e. The van der Waals surface area contributed by atoms with Gasteiger partial charge in [0.15, 0.2) is 0 Å². The average molecular weight is 379 g/mol. The van der Waals surface area contributed by atoms with Crippen LogP contribution < -0.4 is 11.1 Å². The van der Waals surface area contributed by atoms with Gasteiger partial charge in [0.1, 0.15) is 5.82 Å². The largest absolute Gasteiger partial charge is 0.330 e. The quantitative estimate of drug-likeness (QED) is 0.686. The molecule has 0 fully saturated rings. The number of carbonyl (C=O) groups is 1. The number of nitrogens with one attached hydrogen (secondary N) is 1. The third-order valence-electron chi connectivity index (χ3n) is 3.51. The van der Waals surface area contributed by atoms with E-state index in [1.54, 1.807) is 4.68 Å². The summed E-state index contributed by atoms with van der Waals surface area (Å²) in [6, 6.07) is 9.71. The molecule has 0 atom stereocenters. The van der Waals surface area contributed by atoms with Gasteiger partial charge < -0.3 is 11.1 Å². The molecule has 3 N–H and O–H groups in total. The van der Waals surface area contributed by atoms with Gasteiger partial charge in [-0.2, -0.15) is 5.10 Å². The molecule has 1 amide bonds. The fraction of sp³-hybridized carbons (Fsp3) is 0.412. The number of nitrogens with two attached hydrogens (primary N) is 1. The molecule has 0 saturated carbocycles. The second kappa shape index (κ2) is 8.84. The lowest BCUT2D eigenvalue weighted by Gasteiger charge is -2.09. The lowest BCUT2D eigenvalue weighted by molar-refractivity contribution is -0.116. The summed E-state index contributed by atoms with van der Waals surface area (Å²) in [4.78, 5) is 12.1. The first-order valence-corrected chi connectivity index (χ1v) is 8.72. The molecule has 0 spiro atoms. The van der Waals surface area contributed by atoms with Gasteiger partial charge in [0.05, 0.1) is 11.4 Å². The Hall–Kier alpha value is -1.66. The minimum Gasteiger partial charge on any atom is -0.330 e. The van der Waals surface area contributed by atoms with Crippen molar-refractivity contribution in [2.45, 2.75) is 39.0 Å². The molecule has 5 nitrogen and oxygen atoms in total. The minimum absolute atomic E-state index is 0.0221. The van der Waals surface area contributed by atoms with Crippen LogP contribution >= 0.6 is 15.9 Å². The minimum atomic E-state index is 0.0221. The summed E-state index contributed by atoms with van der Waals surface area (Å²) in [5.74, 6) is 0.724. The second-order valence-electron chi connectivity index (χ2n) is 5.56. The van der Waals surface area contributed by atoms with Gasteiger partial charge in [-0.05, 0) is 44.5 Å². The highest BCUT2D eigenvalue weighted by Gasteiger charge is 2.11. The molecule has 2 aromatic rings. The molecule has 0 aliphatic heterocycles. The summed E-state index contributed by atoms with van der Waals surface area (Å²) in [6.07, 6.45) is 4.55. The van der Waals surface area contributed by atoms with Crippen molar-refractivity contribution in [2.75, 3.05) is 11.9 Å². The summed E-state index contributed by atoms with van der Waals surface area (Å²) in [6.45, 7) is 2.63. The standard InChI is InChI=1S/C17H23BrN4O/c1-13-11-16(20-17(23)9-4-2-3-5-10-19)22(21-13)15-8-6-7-14(18)12-15/h6-8,11-12H,2-5,9-10,19H2,1H3,(H,20,23). The molecule has 0 aliphatic rings. The zero-order chi connectivity index (χ0) is 16.7. The van der Waals surface area contributed by atoms with Crippen LogP contribution in [-0.2, 0) is 4.79 Å². The van der Waals surface area contributed by atoms with Crippen LogP contribution in [0.2, 0.25) is 0 Å². The van der Waals surface area contributed by atoms with E-state index < -0.39 is 0 Å². The lowest BCUT2D eigenvalue weighted by atomic mass is 10.1. The van der Waals surface area contributed by atoms with Gasteiger partial charge in [-0.1, -0.05) is 34.8 Å². The van der Waals surface area contributed by atoms with Crippen molar-refractivity contribution in [3.05, 3.63) is 40.5 Å². The Labute approximate surface area is 145 Å². The molecule has 0 bridgehead atoms. The number of aromatic nitrogens is 2. The van der Waals surface area contributed by atoms with Gasteiger partial charge in [-0.15, -0.1) is 0 Å². The van der Waals surface area contributed by atoms with Crippen LogP contribution in [0.1, 0.15) is 37.8 Å². The number of anilines is 1. The van der Waals surface area contributed by atoms with Crippen LogP contribution in [-0.4, -0.2) is 22.2 Å². The van der Waals surface area contributed by atoms with E-state index in [1.165, 1.54) is 0 Å². The van der Waals surface area contributed by atoms with Gasteiger partial charge in [-0.3, -0.25) is 4.79 Å². The summed E-state index contributed by atoms with van der Waals surface area (Å²) >= 11 is 3.46. The third-order valence-corrected chi connectivity index (χ3v) is 4.00. The zero-order valence-electron chi connectivity index (χ0n) is 13.4. The first-order valence-electron chi connectivity index (χ1n) is 7.92. The van der Waals surface area contributed by atoms with E-state index in [0.717, 1.165) is 48.1 Å². The number of unbranched alkanes of at least 4 members (excludes halogenated alkanes) is 3. The summed E-state index contributed by atoms with van der Waals surface area (Å²) in [5, 5.41) is 7.42. The topological polar surface area (TPSA) is 72.9 Å². The predicted molar refractivity (Wildman–Crippen MR) is 96.8 cm³/mol. The van der Waals surface area contributed by atoms with Crippen LogP contribution in [0, 0.1) is 6.92 Å². The van der Waals surface area contributed by atoms with Crippen molar-refractivity contribution in [3.8, 4) is 5.69 Å². The van der Waals surface area contributed by atoms with Crippen molar-refractivity contribution >= 4 is 27.7 Å². The Bertz CT molecular complexity index is 654. The van der Waals surface area contributed by atoms with Gasteiger partial charge in [0.2, 0.25) is 5.91 Å².